The molecule has 98 valence electrons. The van der Waals surface area contributed by atoms with Crippen LogP contribution >= 0.6 is 0 Å². The Labute approximate surface area is 105 Å². The Hall–Kier alpha value is -2.04. The number of benzene rings is 1. The second-order valence-corrected chi connectivity index (χ2v) is 4.77. The smallest absolute Gasteiger partial charge is 0.310 e. The van der Waals surface area contributed by atoms with Crippen molar-refractivity contribution in [2.24, 2.45) is 5.41 Å². The number of carbonyl (C=O) groups is 2. The number of hydrogen-bond acceptors (Lipinski definition) is 3. The van der Waals surface area contributed by atoms with E-state index in [1.165, 1.54) is 19.9 Å². The van der Waals surface area contributed by atoms with E-state index in [0.717, 1.165) is 0 Å². The number of rotatable bonds is 5. The fraction of sp³-hybridized carbons (Fsp3) is 0.385. The number of aromatic hydroxyl groups is 1. The van der Waals surface area contributed by atoms with Crippen LogP contribution in [0.25, 0.3) is 0 Å². The number of carbonyl (C=O) groups excluding carboxylic acids is 1. The van der Waals surface area contributed by atoms with Crippen LogP contribution in [0.15, 0.2) is 24.3 Å². The molecule has 0 spiro atoms. The minimum atomic E-state index is -1.01. The summed E-state index contributed by atoms with van der Waals surface area (Å²) in [5.41, 5.74) is -0.489. The third kappa shape index (κ3) is 3.76. The number of carboxylic acid groups (broad SMARTS) is 1. The second-order valence-electron chi connectivity index (χ2n) is 4.77. The number of hydrogen-bond donors (Lipinski definition) is 3. The monoisotopic (exact) mass is 251 g/mol. The van der Waals surface area contributed by atoms with Gasteiger partial charge in [0.2, 0.25) is 5.91 Å². The average molecular weight is 251 g/mol. The van der Waals surface area contributed by atoms with Crippen LogP contribution in [0.4, 0.5) is 0 Å². The van der Waals surface area contributed by atoms with Crippen molar-refractivity contribution in [1.29, 1.82) is 0 Å². The van der Waals surface area contributed by atoms with Gasteiger partial charge >= 0.3 is 5.97 Å². The van der Waals surface area contributed by atoms with E-state index in [9.17, 15) is 14.7 Å². The number of aliphatic carboxylic acids is 1. The third-order valence-electron chi connectivity index (χ3n) is 2.65. The molecule has 1 amide bonds. The highest BCUT2D eigenvalue weighted by atomic mass is 16.4. The van der Waals surface area contributed by atoms with Gasteiger partial charge in [-0.2, -0.15) is 0 Å². The summed E-state index contributed by atoms with van der Waals surface area (Å²) < 4.78 is 0. The van der Waals surface area contributed by atoms with Gasteiger partial charge in [-0.1, -0.05) is 18.2 Å². The van der Waals surface area contributed by atoms with E-state index in [0.29, 0.717) is 5.56 Å². The molecular weight excluding hydrogens is 234 g/mol. The van der Waals surface area contributed by atoms with E-state index in [-0.39, 0.29) is 24.6 Å². The summed E-state index contributed by atoms with van der Waals surface area (Å²) in [7, 11) is 0. The van der Waals surface area contributed by atoms with E-state index in [4.69, 9.17) is 5.11 Å². The quantitative estimate of drug-likeness (QED) is 0.733. The zero-order valence-corrected chi connectivity index (χ0v) is 10.4. The summed E-state index contributed by atoms with van der Waals surface area (Å²) in [6, 6.07) is 6.55. The molecule has 0 aliphatic heterocycles. The first-order valence-electron chi connectivity index (χ1n) is 5.60. The molecule has 1 rings (SSSR count). The minimum Gasteiger partial charge on any atom is -0.508 e. The van der Waals surface area contributed by atoms with Crippen LogP contribution < -0.4 is 5.32 Å². The Morgan fingerprint density at radius 3 is 2.44 bits per heavy atom. The van der Waals surface area contributed by atoms with Crippen LogP contribution in [-0.4, -0.2) is 28.6 Å². The number of nitrogens with one attached hydrogen (secondary N) is 1. The number of carboxylic acids is 1. The third-order valence-corrected chi connectivity index (χ3v) is 2.65. The van der Waals surface area contributed by atoms with E-state index in [1.54, 1.807) is 18.2 Å². The van der Waals surface area contributed by atoms with E-state index in [2.05, 4.69) is 5.32 Å². The van der Waals surface area contributed by atoms with Gasteiger partial charge in [0.15, 0.2) is 0 Å². The van der Waals surface area contributed by atoms with Gasteiger partial charge in [-0.25, -0.2) is 0 Å². The molecule has 3 N–H and O–H groups in total. The average Bonchev–Trinajstić information content (AvgIpc) is 2.29. The van der Waals surface area contributed by atoms with Crippen molar-refractivity contribution in [2.45, 2.75) is 20.3 Å². The Bertz CT molecular complexity index is 454. The molecule has 0 atom stereocenters. The molecule has 0 heterocycles. The first kappa shape index (κ1) is 14.0. The summed E-state index contributed by atoms with van der Waals surface area (Å²) in [4.78, 5) is 22.5. The molecule has 0 bridgehead atoms. The minimum absolute atomic E-state index is 0.0301. The Morgan fingerprint density at radius 1 is 1.28 bits per heavy atom. The summed E-state index contributed by atoms with van der Waals surface area (Å²) in [6.07, 6.45) is 0.0301. The number of phenolic OH excluding ortho intramolecular Hbond substituents is 1. The second kappa shape index (κ2) is 5.53. The molecule has 0 saturated heterocycles. The van der Waals surface area contributed by atoms with Gasteiger partial charge in [0, 0.05) is 12.1 Å². The van der Waals surface area contributed by atoms with Crippen LogP contribution in [-0.2, 0) is 16.0 Å². The largest absolute Gasteiger partial charge is 0.508 e. The lowest BCUT2D eigenvalue weighted by Crippen LogP contribution is -2.39. The van der Waals surface area contributed by atoms with Crippen LogP contribution in [0.3, 0.4) is 0 Å². The van der Waals surface area contributed by atoms with Crippen LogP contribution in [0.1, 0.15) is 19.4 Å². The molecule has 0 aliphatic rings. The van der Waals surface area contributed by atoms with Crippen molar-refractivity contribution in [3.8, 4) is 5.75 Å². The Kier molecular flexibility index (Phi) is 4.31. The maximum Gasteiger partial charge on any atom is 0.310 e. The highest BCUT2D eigenvalue weighted by Gasteiger charge is 2.27. The molecule has 0 saturated carbocycles. The Morgan fingerprint density at radius 2 is 1.89 bits per heavy atom. The van der Waals surface area contributed by atoms with Gasteiger partial charge in [0.1, 0.15) is 5.75 Å². The molecule has 0 fully saturated rings. The van der Waals surface area contributed by atoms with Gasteiger partial charge in [-0.05, 0) is 19.9 Å². The van der Waals surface area contributed by atoms with Crippen molar-refractivity contribution in [1.82, 2.24) is 5.32 Å². The van der Waals surface area contributed by atoms with Gasteiger partial charge in [-0.15, -0.1) is 0 Å². The number of amides is 1. The predicted molar refractivity (Wildman–Crippen MR) is 66.2 cm³/mol. The molecule has 1 aromatic rings. The summed E-state index contributed by atoms with van der Waals surface area (Å²) in [5.74, 6) is -1.22. The fourth-order valence-electron chi connectivity index (χ4n) is 1.29. The van der Waals surface area contributed by atoms with Gasteiger partial charge in [0.25, 0.3) is 0 Å². The molecule has 5 nitrogen and oxygen atoms in total. The zero-order valence-electron chi connectivity index (χ0n) is 10.4. The van der Waals surface area contributed by atoms with Crippen molar-refractivity contribution in [3.63, 3.8) is 0 Å². The molecule has 0 unspecified atom stereocenters. The van der Waals surface area contributed by atoms with Crippen molar-refractivity contribution in [3.05, 3.63) is 29.8 Å². The molecule has 5 heteroatoms. The summed E-state index contributed by atoms with van der Waals surface area (Å²) in [6.45, 7) is 3.12. The standard InChI is InChI=1S/C13H17NO4/c1-13(2,12(17)18)8-14-11(16)7-9-5-3-4-6-10(9)15/h3-6,15H,7-8H2,1-2H3,(H,14,16)(H,17,18). The molecule has 0 aromatic heterocycles. The molecular formula is C13H17NO4. The molecule has 0 radical (unpaired) electrons. The summed E-state index contributed by atoms with van der Waals surface area (Å²) >= 11 is 0. The van der Waals surface area contributed by atoms with Crippen molar-refractivity contribution >= 4 is 11.9 Å². The van der Waals surface area contributed by atoms with Crippen LogP contribution in [0.2, 0.25) is 0 Å². The predicted octanol–water partition coefficient (Wildman–Crippen LogP) is 1.16. The molecule has 18 heavy (non-hydrogen) atoms. The van der Waals surface area contributed by atoms with Crippen molar-refractivity contribution < 1.29 is 19.8 Å². The normalized spacial score (nSPS) is 11.0. The van der Waals surface area contributed by atoms with E-state index < -0.39 is 11.4 Å². The molecule has 0 aliphatic carbocycles. The lowest BCUT2D eigenvalue weighted by atomic mass is 9.94. The lowest BCUT2D eigenvalue weighted by Gasteiger charge is -2.19. The van der Waals surface area contributed by atoms with Crippen LogP contribution in [0.5, 0.6) is 5.75 Å². The van der Waals surface area contributed by atoms with Gasteiger partial charge < -0.3 is 15.5 Å². The lowest BCUT2D eigenvalue weighted by molar-refractivity contribution is -0.146. The number of phenols is 1. The van der Waals surface area contributed by atoms with Gasteiger partial charge in [-0.3, -0.25) is 9.59 Å². The van der Waals surface area contributed by atoms with E-state index >= 15 is 0 Å². The first-order valence-corrected chi connectivity index (χ1v) is 5.60. The maximum absolute atomic E-state index is 11.6. The first-order chi connectivity index (χ1) is 8.33. The zero-order chi connectivity index (χ0) is 13.8. The SMILES string of the molecule is CC(C)(CNC(=O)Cc1ccccc1O)C(=O)O. The summed E-state index contributed by atoms with van der Waals surface area (Å²) in [5, 5.41) is 20.9. The highest BCUT2D eigenvalue weighted by molar-refractivity contribution is 5.80. The maximum atomic E-state index is 11.6. The van der Waals surface area contributed by atoms with Gasteiger partial charge in [0.05, 0.1) is 11.8 Å². The molecule has 1 aromatic carbocycles. The van der Waals surface area contributed by atoms with E-state index in [1.807, 2.05) is 0 Å². The number of para-hydroxylation sites is 1. The highest BCUT2D eigenvalue weighted by Crippen LogP contribution is 2.16. The van der Waals surface area contributed by atoms with Crippen LogP contribution in [0, 0.1) is 5.41 Å². The fourth-order valence-corrected chi connectivity index (χ4v) is 1.29. The Balaban J connectivity index is 2.54. The topological polar surface area (TPSA) is 86.6 Å². The van der Waals surface area contributed by atoms with Crippen molar-refractivity contribution in [2.75, 3.05) is 6.54 Å².